The van der Waals surface area contributed by atoms with E-state index in [1.807, 2.05) is 68.6 Å². The maximum Gasteiger partial charge on any atom is 0.278 e. The van der Waals surface area contributed by atoms with Crippen LogP contribution in [-0.4, -0.2) is 28.7 Å². The Labute approximate surface area is 200 Å². The van der Waals surface area contributed by atoms with Crippen LogP contribution in [0.5, 0.6) is 0 Å². The van der Waals surface area contributed by atoms with Gasteiger partial charge in [0.1, 0.15) is 10.6 Å². The summed E-state index contributed by atoms with van der Waals surface area (Å²) in [5.74, 6) is -0.815. The van der Waals surface area contributed by atoms with Gasteiger partial charge in [-0.1, -0.05) is 35.5 Å². The lowest BCUT2D eigenvalue weighted by Crippen LogP contribution is -2.38. The van der Waals surface area contributed by atoms with Crippen molar-refractivity contribution in [1.82, 2.24) is 4.90 Å². The fourth-order valence-electron chi connectivity index (χ4n) is 3.31. The van der Waals surface area contributed by atoms with Gasteiger partial charge in [-0.3, -0.25) is 19.3 Å². The first-order valence-electron chi connectivity index (χ1n) is 10.4. The summed E-state index contributed by atoms with van der Waals surface area (Å²) in [6.45, 7) is 5.62. The van der Waals surface area contributed by atoms with Crippen molar-refractivity contribution in [3.63, 3.8) is 0 Å². The normalized spacial score (nSPS) is 13.8. The summed E-state index contributed by atoms with van der Waals surface area (Å²) in [6.07, 6.45) is 0. The Bertz CT molecular complexity index is 1210. The van der Waals surface area contributed by atoms with Gasteiger partial charge in [-0.2, -0.15) is 0 Å². The van der Waals surface area contributed by atoms with Gasteiger partial charge < -0.3 is 10.6 Å². The van der Waals surface area contributed by atoms with Gasteiger partial charge in [-0.15, -0.1) is 11.3 Å². The number of thioether (sulfide) groups is 1. The third kappa shape index (κ3) is 5.02. The molecule has 1 aliphatic rings. The van der Waals surface area contributed by atoms with Crippen LogP contribution in [0.25, 0.3) is 0 Å². The van der Waals surface area contributed by atoms with Gasteiger partial charge in [-0.25, -0.2) is 0 Å². The molecular weight excluding hydrogens is 454 g/mol. The van der Waals surface area contributed by atoms with Crippen molar-refractivity contribution in [2.75, 3.05) is 10.6 Å². The zero-order chi connectivity index (χ0) is 23.5. The molecule has 0 bridgehead atoms. The van der Waals surface area contributed by atoms with E-state index in [-0.39, 0.29) is 29.5 Å². The smallest absolute Gasteiger partial charge is 0.278 e. The highest BCUT2D eigenvalue weighted by Crippen LogP contribution is 2.37. The molecule has 6 nitrogen and oxygen atoms in total. The Balaban J connectivity index is 1.56. The van der Waals surface area contributed by atoms with E-state index in [2.05, 4.69) is 10.6 Å². The van der Waals surface area contributed by atoms with Crippen LogP contribution in [0.15, 0.2) is 81.5 Å². The lowest BCUT2D eigenvalue weighted by molar-refractivity contribution is -0.139. The molecule has 2 aromatic carbocycles. The van der Waals surface area contributed by atoms with Crippen molar-refractivity contribution >= 4 is 52.2 Å². The Hall–Kier alpha value is -3.36. The van der Waals surface area contributed by atoms with Gasteiger partial charge >= 0.3 is 0 Å². The van der Waals surface area contributed by atoms with Crippen LogP contribution in [0.4, 0.5) is 11.4 Å². The van der Waals surface area contributed by atoms with Crippen LogP contribution in [0.3, 0.4) is 0 Å². The Morgan fingerprint density at radius 1 is 0.939 bits per heavy atom. The number of carbonyl (C=O) groups excluding carboxylic acids is 3. The molecule has 1 aliphatic heterocycles. The Morgan fingerprint density at radius 2 is 1.61 bits per heavy atom. The predicted octanol–water partition coefficient (Wildman–Crippen LogP) is 5.50. The van der Waals surface area contributed by atoms with E-state index in [9.17, 15) is 14.4 Å². The number of carbonyl (C=O) groups is 3. The van der Waals surface area contributed by atoms with Crippen LogP contribution < -0.4 is 10.6 Å². The van der Waals surface area contributed by atoms with E-state index in [1.54, 1.807) is 18.2 Å². The standard InChI is InChI=1S/C25H23N3O3S2/c1-15(2)28-24(30)21(26-17-8-6-16(3)7-9-17)22(25(28)31)33-19-12-10-18(11-13-19)27-23(29)20-5-4-14-32-20/h4-15,26H,1-3H3,(H,27,29). The van der Waals surface area contributed by atoms with Crippen molar-refractivity contribution in [1.29, 1.82) is 0 Å². The highest BCUT2D eigenvalue weighted by Gasteiger charge is 2.40. The van der Waals surface area contributed by atoms with Gasteiger partial charge in [-0.05, 0) is 68.6 Å². The van der Waals surface area contributed by atoms with Crippen LogP contribution in [0, 0.1) is 6.92 Å². The van der Waals surface area contributed by atoms with Crippen LogP contribution in [-0.2, 0) is 9.59 Å². The minimum absolute atomic E-state index is 0.165. The summed E-state index contributed by atoms with van der Waals surface area (Å²) in [6, 6.07) is 18.2. The number of nitrogens with one attached hydrogen (secondary N) is 2. The topological polar surface area (TPSA) is 78.5 Å². The largest absolute Gasteiger partial charge is 0.350 e. The SMILES string of the molecule is Cc1ccc(NC2=C(Sc3ccc(NC(=O)c4cccs4)cc3)C(=O)N(C(C)C)C2=O)cc1. The maximum atomic E-state index is 13.1. The van der Waals surface area contributed by atoms with E-state index in [4.69, 9.17) is 0 Å². The maximum absolute atomic E-state index is 13.1. The minimum Gasteiger partial charge on any atom is -0.350 e. The van der Waals surface area contributed by atoms with Crippen molar-refractivity contribution in [3.05, 3.63) is 87.1 Å². The van der Waals surface area contributed by atoms with E-state index in [0.29, 0.717) is 15.5 Å². The number of benzene rings is 2. The van der Waals surface area contributed by atoms with Crippen LogP contribution in [0.2, 0.25) is 0 Å². The molecule has 33 heavy (non-hydrogen) atoms. The van der Waals surface area contributed by atoms with E-state index in [0.717, 1.165) is 16.1 Å². The third-order valence-electron chi connectivity index (χ3n) is 4.99. The van der Waals surface area contributed by atoms with Gasteiger partial charge in [0, 0.05) is 22.3 Å². The first-order chi connectivity index (χ1) is 15.8. The molecule has 3 aromatic rings. The summed E-state index contributed by atoms with van der Waals surface area (Å²) in [5, 5.41) is 7.86. The lowest BCUT2D eigenvalue weighted by Gasteiger charge is -2.19. The quantitative estimate of drug-likeness (QED) is 0.439. The number of nitrogens with zero attached hydrogens (tertiary/aromatic N) is 1. The number of anilines is 2. The molecule has 1 aromatic heterocycles. The molecule has 0 spiro atoms. The number of thiophene rings is 1. The van der Waals surface area contributed by atoms with Crippen molar-refractivity contribution in [3.8, 4) is 0 Å². The molecule has 2 heterocycles. The molecule has 0 radical (unpaired) electrons. The molecule has 0 aliphatic carbocycles. The number of hydrogen-bond donors (Lipinski definition) is 2. The number of imide groups is 1. The summed E-state index contributed by atoms with van der Waals surface area (Å²) in [5.41, 5.74) is 2.78. The molecule has 8 heteroatoms. The van der Waals surface area contributed by atoms with E-state index >= 15 is 0 Å². The fourth-order valence-corrected chi connectivity index (χ4v) is 4.86. The number of hydrogen-bond acceptors (Lipinski definition) is 6. The van der Waals surface area contributed by atoms with E-state index in [1.165, 1.54) is 28.0 Å². The average molecular weight is 478 g/mol. The summed E-state index contributed by atoms with van der Waals surface area (Å²) >= 11 is 2.61. The highest BCUT2D eigenvalue weighted by atomic mass is 32.2. The van der Waals surface area contributed by atoms with Crippen molar-refractivity contribution in [2.45, 2.75) is 31.7 Å². The van der Waals surface area contributed by atoms with Crippen LogP contribution >= 0.6 is 23.1 Å². The second-order valence-electron chi connectivity index (χ2n) is 7.83. The molecule has 0 saturated heterocycles. The Morgan fingerprint density at radius 3 is 2.21 bits per heavy atom. The minimum atomic E-state index is -0.335. The molecule has 2 N–H and O–H groups in total. The third-order valence-corrected chi connectivity index (χ3v) is 6.95. The van der Waals surface area contributed by atoms with E-state index < -0.39 is 0 Å². The molecule has 0 atom stereocenters. The highest BCUT2D eigenvalue weighted by molar-refractivity contribution is 8.04. The summed E-state index contributed by atoms with van der Waals surface area (Å²) < 4.78 is 0. The molecule has 3 amide bonds. The number of amides is 3. The number of aryl methyl sites for hydroxylation is 1. The second-order valence-corrected chi connectivity index (χ2v) is 9.86. The molecular formula is C25H23N3O3S2. The first kappa shape index (κ1) is 22.8. The summed E-state index contributed by atoms with van der Waals surface area (Å²) in [4.78, 5) is 41.4. The second kappa shape index (κ2) is 9.64. The predicted molar refractivity (Wildman–Crippen MR) is 133 cm³/mol. The number of rotatable bonds is 7. The first-order valence-corrected chi connectivity index (χ1v) is 12.1. The van der Waals surface area contributed by atoms with Gasteiger partial charge in [0.25, 0.3) is 17.7 Å². The zero-order valence-electron chi connectivity index (χ0n) is 18.4. The van der Waals surface area contributed by atoms with Gasteiger partial charge in [0.2, 0.25) is 0 Å². The molecule has 0 saturated carbocycles. The Kier molecular flexibility index (Phi) is 6.67. The van der Waals surface area contributed by atoms with Crippen molar-refractivity contribution in [2.24, 2.45) is 0 Å². The lowest BCUT2D eigenvalue weighted by atomic mass is 10.2. The molecule has 4 rings (SSSR count). The monoisotopic (exact) mass is 477 g/mol. The molecule has 0 unspecified atom stereocenters. The van der Waals surface area contributed by atoms with Crippen molar-refractivity contribution < 1.29 is 14.4 Å². The zero-order valence-corrected chi connectivity index (χ0v) is 20.0. The summed E-state index contributed by atoms with van der Waals surface area (Å²) in [7, 11) is 0. The van der Waals surface area contributed by atoms with Gasteiger partial charge in [0.05, 0.1) is 4.88 Å². The fraction of sp³-hybridized carbons (Fsp3) is 0.160. The van der Waals surface area contributed by atoms with Gasteiger partial charge in [0.15, 0.2) is 0 Å². The molecule has 168 valence electrons. The average Bonchev–Trinajstić information content (AvgIpc) is 3.40. The molecule has 0 fully saturated rings. The van der Waals surface area contributed by atoms with Crippen LogP contribution in [0.1, 0.15) is 29.1 Å².